The maximum absolute atomic E-state index is 12.7. The minimum absolute atomic E-state index is 0. The van der Waals surface area contributed by atoms with Crippen LogP contribution in [-0.2, 0) is 4.79 Å². The van der Waals surface area contributed by atoms with Crippen LogP contribution in [0.25, 0.3) is 0 Å². The average Bonchev–Trinajstić information content (AvgIpc) is 3.24. The molecule has 0 aromatic heterocycles. The monoisotopic (exact) mass is 522 g/mol. The van der Waals surface area contributed by atoms with Crippen molar-refractivity contribution in [3.63, 3.8) is 0 Å². The summed E-state index contributed by atoms with van der Waals surface area (Å²) in [6, 6.07) is 0.546. The van der Waals surface area contributed by atoms with Crippen LogP contribution in [-0.4, -0.2) is 109 Å². The topological polar surface area (TPSA) is 54.4 Å². The fraction of sp³-hybridized carbons (Fsp3) is 0.905. The number of nitrogens with one attached hydrogen (secondary N) is 1. The number of halogens is 1. The predicted molar refractivity (Wildman–Crippen MR) is 132 cm³/mol. The zero-order valence-electron chi connectivity index (χ0n) is 19.2. The van der Waals surface area contributed by atoms with Gasteiger partial charge in [0.2, 0.25) is 5.91 Å². The Morgan fingerprint density at radius 1 is 1.00 bits per heavy atom. The van der Waals surface area contributed by atoms with Crippen molar-refractivity contribution in [2.45, 2.75) is 59.5 Å². The summed E-state index contributed by atoms with van der Waals surface area (Å²) in [7, 11) is 0. The van der Waals surface area contributed by atoms with E-state index in [0.717, 1.165) is 84.2 Å². The number of nitrogens with zero attached hydrogens (tertiary/aromatic N) is 5. The van der Waals surface area contributed by atoms with Gasteiger partial charge < -0.3 is 15.1 Å². The van der Waals surface area contributed by atoms with Gasteiger partial charge in [-0.3, -0.25) is 19.6 Å². The van der Waals surface area contributed by atoms with Gasteiger partial charge in [0, 0.05) is 58.4 Å². The summed E-state index contributed by atoms with van der Waals surface area (Å²) in [5, 5.41) is 3.45. The molecule has 0 bridgehead atoms. The fourth-order valence-electron chi connectivity index (χ4n) is 4.17. The first kappa shape index (κ1) is 26.4. The van der Waals surface area contributed by atoms with E-state index in [4.69, 9.17) is 4.99 Å². The van der Waals surface area contributed by atoms with E-state index in [1.807, 2.05) is 4.90 Å². The Balaban J connectivity index is 0.00000420. The SMILES string of the molecule is CCNC(=NCCN(CC)C(C)C)N1CCN(C(C)C(=O)N2CCCC2)CC1.I. The second-order valence-electron chi connectivity index (χ2n) is 8.19. The molecular formula is C21H43IN6O. The number of carbonyl (C=O) groups excluding carboxylic acids is 1. The van der Waals surface area contributed by atoms with Crippen molar-refractivity contribution in [2.24, 2.45) is 4.99 Å². The Labute approximate surface area is 195 Å². The second-order valence-corrected chi connectivity index (χ2v) is 8.19. The quantitative estimate of drug-likeness (QED) is 0.300. The van der Waals surface area contributed by atoms with Crippen LogP contribution in [0.2, 0.25) is 0 Å². The van der Waals surface area contributed by atoms with Crippen LogP contribution in [0.5, 0.6) is 0 Å². The highest BCUT2D eigenvalue weighted by molar-refractivity contribution is 14.0. The Hall–Kier alpha value is -0.610. The first-order chi connectivity index (χ1) is 13.5. The molecule has 1 unspecified atom stereocenters. The molecule has 0 spiro atoms. The molecule has 1 atom stereocenters. The van der Waals surface area contributed by atoms with Gasteiger partial charge in [-0.2, -0.15) is 0 Å². The Bertz CT molecular complexity index is 501. The molecule has 29 heavy (non-hydrogen) atoms. The molecule has 0 radical (unpaired) electrons. The molecule has 0 aliphatic carbocycles. The Morgan fingerprint density at radius 2 is 1.62 bits per heavy atom. The zero-order chi connectivity index (χ0) is 20.5. The number of piperazine rings is 1. The van der Waals surface area contributed by atoms with Crippen molar-refractivity contribution in [2.75, 3.05) is 65.4 Å². The third-order valence-electron chi connectivity index (χ3n) is 6.06. The lowest BCUT2D eigenvalue weighted by atomic mass is 10.2. The van der Waals surface area contributed by atoms with Crippen LogP contribution in [0.3, 0.4) is 0 Å². The van der Waals surface area contributed by atoms with Gasteiger partial charge in [-0.05, 0) is 47.1 Å². The average molecular weight is 523 g/mol. The minimum Gasteiger partial charge on any atom is -0.357 e. The van der Waals surface area contributed by atoms with Crippen molar-refractivity contribution in [1.29, 1.82) is 0 Å². The van der Waals surface area contributed by atoms with Gasteiger partial charge in [0.25, 0.3) is 0 Å². The summed E-state index contributed by atoms with van der Waals surface area (Å²) in [6.07, 6.45) is 2.31. The van der Waals surface area contributed by atoms with Crippen LogP contribution >= 0.6 is 24.0 Å². The van der Waals surface area contributed by atoms with E-state index >= 15 is 0 Å². The molecule has 170 valence electrons. The van der Waals surface area contributed by atoms with Gasteiger partial charge in [0.15, 0.2) is 5.96 Å². The van der Waals surface area contributed by atoms with E-state index in [1.165, 1.54) is 0 Å². The molecule has 2 fully saturated rings. The van der Waals surface area contributed by atoms with Crippen LogP contribution in [0.1, 0.15) is 47.5 Å². The lowest BCUT2D eigenvalue weighted by Gasteiger charge is -2.39. The molecule has 2 rings (SSSR count). The summed E-state index contributed by atoms with van der Waals surface area (Å²) < 4.78 is 0. The number of carbonyl (C=O) groups is 1. The third kappa shape index (κ3) is 7.86. The van der Waals surface area contributed by atoms with Gasteiger partial charge in [0.1, 0.15) is 0 Å². The minimum atomic E-state index is -0.0103. The van der Waals surface area contributed by atoms with E-state index in [-0.39, 0.29) is 30.0 Å². The molecule has 0 aromatic carbocycles. The largest absolute Gasteiger partial charge is 0.357 e. The molecule has 2 heterocycles. The fourth-order valence-corrected chi connectivity index (χ4v) is 4.17. The van der Waals surface area contributed by atoms with Gasteiger partial charge in [0.05, 0.1) is 12.6 Å². The van der Waals surface area contributed by atoms with E-state index in [2.05, 4.69) is 54.6 Å². The van der Waals surface area contributed by atoms with Gasteiger partial charge in [-0.25, -0.2) is 0 Å². The van der Waals surface area contributed by atoms with Crippen LogP contribution < -0.4 is 5.32 Å². The maximum atomic E-state index is 12.7. The van der Waals surface area contributed by atoms with Gasteiger partial charge in [-0.15, -0.1) is 24.0 Å². The van der Waals surface area contributed by atoms with E-state index < -0.39 is 0 Å². The highest BCUT2D eigenvalue weighted by Gasteiger charge is 2.30. The molecular weight excluding hydrogens is 479 g/mol. The number of guanidine groups is 1. The molecule has 1 amide bonds. The highest BCUT2D eigenvalue weighted by Crippen LogP contribution is 2.14. The number of likely N-dealkylation sites (tertiary alicyclic amines) is 1. The lowest BCUT2D eigenvalue weighted by Crippen LogP contribution is -2.57. The Morgan fingerprint density at radius 3 is 2.14 bits per heavy atom. The molecule has 0 saturated carbocycles. The molecule has 2 aliphatic rings. The Kier molecular flexibility index (Phi) is 12.4. The zero-order valence-corrected chi connectivity index (χ0v) is 21.5. The smallest absolute Gasteiger partial charge is 0.239 e. The molecule has 2 saturated heterocycles. The summed E-state index contributed by atoms with van der Waals surface area (Å²) in [5.41, 5.74) is 0. The third-order valence-corrected chi connectivity index (χ3v) is 6.06. The second kappa shape index (κ2) is 13.6. The molecule has 2 aliphatic heterocycles. The van der Waals surface area contributed by atoms with Crippen LogP contribution in [0.4, 0.5) is 0 Å². The normalized spacial score (nSPS) is 19.6. The molecule has 0 aromatic rings. The highest BCUT2D eigenvalue weighted by atomic mass is 127. The van der Waals surface area contributed by atoms with Crippen molar-refractivity contribution in [1.82, 2.24) is 24.9 Å². The number of likely N-dealkylation sites (N-methyl/N-ethyl adjacent to an activating group) is 1. The maximum Gasteiger partial charge on any atom is 0.239 e. The van der Waals surface area contributed by atoms with Crippen LogP contribution in [0.15, 0.2) is 4.99 Å². The summed E-state index contributed by atoms with van der Waals surface area (Å²) >= 11 is 0. The van der Waals surface area contributed by atoms with E-state index in [1.54, 1.807) is 0 Å². The first-order valence-corrected chi connectivity index (χ1v) is 11.3. The number of hydrogen-bond acceptors (Lipinski definition) is 4. The van der Waals surface area contributed by atoms with Crippen molar-refractivity contribution in [3.8, 4) is 0 Å². The number of rotatable bonds is 8. The van der Waals surface area contributed by atoms with Crippen LogP contribution in [0, 0.1) is 0 Å². The predicted octanol–water partition coefficient (Wildman–Crippen LogP) is 1.93. The molecule has 8 heteroatoms. The van der Waals surface area contributed by atoms with E-state index in [9.17, 15) is 4.79 Å². The number of aliphatic imine (C=N–C) groups is 1. The number of hydrogen-bond donors (Lipinski definition) is 1. The van der Waals surface area contributed by atoms with Gasteiger partial charge in [-0.1, -0.05) is 6.92 Å². The first-order valence-electron chi connectivity index (χ1n) is 11.3. The molecule has 1 N–H and O–H groups in total. The van der Waals surface area contributed by atoms with Crippen molar-refractivity contribution in [3.05, 3.63) is 0 Å². The standard InChI is InChI=1S/C21H42N6O.HI/c1-6-22-21(23-10-13-24(7-2)18(3)4)27-16-14-25(15-17-27)19(5)20(28)26-11-8-9-12-26;/h18-19H,6-17H2,1-5H3,(H,22,23);1H. The summed E-state index contributed by atoms with van der Waals surface area (Å²) in [6.45, 7) is 20.2. The van der Waals surface area contributed by atoms with Crippen molar-refractivity contribution >= 4 is 35.8 Å². The number of amides is 1. The summed E-state index contributed by atoms with van der Waals surface area (Å²) in [4.78, 5) is 26.7. The lowest BCUT2D eigenvalue weighted by molar-refractivity contribution is -0.135. The van der Waals surface area contributed by atoms with E-state index in [0.29, 0.717) is 11.9 Å². The van der Waals surface area contributed by atoms with Gasteiger partial charge >= 0.3 is 0 Å². The van der Waals surface area contributed by atoms with Crippen molar-refractivity contribution < 1.29 is 4.79 Å². The molecule has 7 nitrogen and oxygen atoms in total. The summed E-state index contributed by atoms with van der Waals surface area (Å²) in [5.74, 6) is 1.32.